The van der Waals surface area contributed by atoms with Gasteiger partial charge in [-0.25, -0.2) is 0 Å². The van der Waals surface area contributed by atoms with Crippen LogP contribution in [0.1, 0.15) is 57.2 Å². The van der Waals surface area contributed by atoms with E-state index in [0.717, 1.165) is 11.1 Å². The summed E-state index contributed by atoms with van der Waals surface area (Å²) in [6, 6.07) is 22.1. The van der Waals surface area contributed by atoms with Crippen LogP contribution in [0.4, 0.5) is 0 Å². The number of carbonyl (C=O) groups is 2. The van der Waals surface area contributed by atoms with Crippen LogP contribution in [0.15, 0.2) is 66.7 Å². The predicted molar refractivity (Wildman–Crippen MR) is 136 cm³/mol. The number of fused-ring (bicyclic) bond motifs is 1. The van der Waals surface area contributed by atoms with Gasteiger partial charge in [0.25, 0.3) is 0 Å². The monoisotopic (exact) mass is 444 g/mol. The van der Waals surface area contributed by atoms with E-state index in [1.54, 1.807) is 4.90 Å². The van der Waals surface area contributed by atoms with Crippen molar-refractivity contribution in [2.24, 2.45) is 0 Å². The van der Waals surface area contributed by atoms with Gasteiger partial charge in [0.05, 0.1) is 0 Å². The first kappa shape index (κ1) is 24.5. The fourth-order valence-electron chi connectivity index (χ4n) is 4.16. The molecule has 33 heavy (non-hydrogen) atoms. The van der Waals surface area contributed by atoms with Crippen LogP contribution in [-0.4, -0.2) is 28.3 Å². The molecular weight excluding hydrogens is 408 g/mol. The Labute approximate surface area is 198 Å². The fraction of sp³-hybridized carbons (Fsp3) is 0.379. The summed E-state index contributed by atoms with van der Waals surface area (Å²) in [4.78, 5) is 28.4. The molecule has 0 fully saturated rings. The van der Waals surface area contributed by atoms with Gasteiger partial charge in [-0.3, -0.25) is 9.59 Å². The molecule has 3 rings (SSSR count). The molecule has 0 aliphatic heterocycles. The number of rotatable bonds is 8. The van der Waals surface area contributed by atoms with Crippen molar-refractivity contribution in [2.75, 3.05) is 0 Å². The summed E-state index contributed by atoms with van der Waals surface area (Å²) >= 11 is 0. The van der Waals surface area contributed by atoms with Gasteiger partial charge >= 0.3 is 0 Å². The molecule has 0 aromatic heterocycles. The van der Waals surface area contributed by atoms with Crippen molar-refractivity contribution in [3.05, 3.63) is 83.4 Å². The standard InChI is InChI=1S/C29H36N2O2/c1-6-26(28(33)30-29(3,4)5)31(20-22-16-14-21(2)15-17-22)27(32)19-18-24-12-9-11-23-10-7-8-13-25(23)24/h7-17,26H,6,18-20H2,1-5H3,(H,30,33). The first-order valence-electron chi connectivity index (χ1n) is 11.8. The zero-order chi connectivity index (χ0) is 24.0. The number of hydrogen-bond acceptors (Lipinski definition) is 2. The number of nitrogens with zero attached hydrogens (tertiary/aromatic N) is 1. The molecule has 3 aromatic rings. The summed E-state index contributed by atoms with van der Waals surface area (Å²) < 4.78 is 0. The van der Waals surface area contributed by atoms with Crippen LogP contribution in [-0.2, 0) is 22.6 Å². The van der Waals surface area contributed by atoms with E-state index in [4.69, 9.17) is 0 Å². The topological polar surface area (TPSA) is 49.4 Å². The number of carbonyl (C=O) groups excluding carboxylic acids is 2. The van der Waals surface area contributed by atoms with Crippen molar-refractivity contribution in [2.45, 2.75) is 72.0 Å². The van der Waals surface area contributed by atoms with Crippen molar-refractivity contribution < 1.29 is 9.59 Å². The predicted octanol–water partition coefficient (Wildman–Crippen LogP) is 5.80. The maximum absolute atomic E-state index is 13.5. The summed E-state index contributed by atoms with van der Waals surface area (Å²) in [6.07, 6.45) is 1.56. The highest BCUT2D eigenvalue weighted by molar-refractivity contribution is 5.89. The molecule has 0 saturated heterocycles. The van der Waals surface area contributed by atoms with Crippen molar-refractivity contribution >= 4 is 22.6 Å². The van der Waals surface area contributed by atoms with Crippen LogP contribution in [0, 0.1) is 6.92 Å². The molecular formula is C29H36N2O2. The van der Waals surface area contributed by atoms with E-state index in [1.165, 1.54) is 16.3 Å². The summed E-state index contributed by atoms with van der Waals surface area (Å²) in [5.41, 5.74) is 3.00. The second-order valence-corrected chi connectivity index (χ2v) is 9.81. The van der Waals surface area contributed by atoms with Gasteiger partial charge in [-0.05, 0) is 62.4 Å². The Bertz CT molecular complexity index is 1090. The lowest BCUT2D eigenvalue weighted by Gasteiger charge is -2.33. The van der Waals surface area contributed by atoms with Crippen LogP contribution in [0.5, 0.6) is 0 Å². The average Bonchev–Trinajstić information content (AvgIpc) is 2.77. The Morgan fingerprint density at radius 1 is 0.939 bits per heavy atom. The molecule has 3 aromatic carbocycles. The van der Waals surface area contributed by atoms with E-state index >= 15 is 0 Å². The average molecular weight is 445 g/mol. The molecule has 0 bridgehead atoms. The van der Waals surface area contributed by atoms with E-state index in [2.05, 4.69) is 29.6 Å². The zero-order valence-electron chi connectivity index (χ0n) is 20.5. The Hall–Kier alpha value is -3.14. The largest absolute Gasteiger partial charge is 0.350 e. The van der Waals surface area contributed by atoms with Crippen LogP contribution in [0.25, 0.3) is 10.8 Å². The molecule has 1 atom stereocenters. The second-order valence-electron chi connectivity index (χ2n) is 9.81. The van der Waals surface area contributed by atoms with E-state index in [0.29, 0.717) is 25.8 Å². The third-order valence-electron chi connectivity index (χ3n) is 5.85. The number of nitrogens with one attached hydrogen (secondary N) is 1. The van der Waals surface area contributed by atoms with Crippen molar-refractivity contribution in [1.82, 2.24) is 10.2 Å². The minimum absolute atomic E-state index is 0.000539. The van der Waals surface area contributed by atoms with E-state index < -0.39 is 6.04 Å². The normalized spacial score (nSPS) is 12.4. The molecule has 4 heteroatoms. The maximum Gasteiger partial charge on any atom is 0.243 e. The molecule has 0 saturated carbocycles. The minimum atomic E-state index is -0.509. The highest BCUT2D eigenvalue weighted by Gasteiger charge is 2.30. The molecule has 1 N–H and O–H groups in total. The third kappa shape index (κ3) is 6.67. The second kappa shape index (κ2) is 10.7. The molecule has 0 radical (unpaired) electrons. The quantitative estimate of drug-likeness (QED) is 0.477. The van der Waals surface area contributed by atoms with Gasteiger partial charge in [-0.1, -0.05) is 79.2 Å². The highest BCUT2D eigenvalue weighted by atomic mass is 16.2. The van der Waals surface area contributed by atoms with Gasteiger partial charge in [-0.2, -0.15) is 0 Å². The number of hydrogen-bond donors (Lipinski definition) is 1. The maximum atomic E-state index is 13.5. The SMILES string of the molecule is CCC(C(=O)NC(C)(C)C)N(Cc1ccc(C)cc1)C(=O)CCc1cccc2ccccc12. The van der Waals surface area contributed by atoms with Crippen molar-refractivity contribution in [3.63, 3.8) is 0 Å². The molecule has 0 aliphatic carbocycles. The lowest BCUT2D eigenvalue weighted by molar-refractivity contribution is -0.142. The smallest absolute Gasteiger partial charge is 0.243 e. The van der Waals surface area contributed by atoms with Crippen molar-refractivity contribution in [1.29, 1.82) is 0 Å². The van der Waals surface area contributed by atoms with Gasteiger partial charge < -0.3 is 10.2 Å². The summed E-state index contributed by atoms with van der Waals surface area (Å²) in [7, 11) is 0. The summed E-state index contributed by atoms with van der Waals surface area (Å²) in [5.74, 6) is -0.102. The van der Waals surface area contributed by atoms with E-state index in [-0.39, 0.29) is 17.4 Å². The molecule has 1 unspecified atom stereocenters. The number of amides is 2. The van der Waals surface area contributed by atoms with Gasteiger partial charge in [0.15, 0.2) is 0 Å². The lowest BCUT2D eigenvalue weighted by atomic mass is 10.00. The third-order valence-corrected chi connectivity index (χ3v) is 5.85. The Morgan fingerprint density at radius 2 is 1.61 bits per heavy atom. The molecule has 0 aliphatic rings. The molecule has 0 spiro atoms. The molecule has 0 heterocycles. The van der Waals surface area contributed by atoms with Crippen LogP contribution in [0.3, 0.4) is 0 Å². The van der Waals surface area contributed by atoms with E-state index in [9.17, 15) is 9.59 Å². The molecule has 4 nitrogen and oxygen atoms in total. The number of aryl methyl sites for hydroxylation is 2. The van der Waals surface area contributed by atoms with Gasteiger partial charge in [0.1, 0.15) is 6.04 Å². The summed E-state index contributed by atoms with van der Waals surface area (Å²) in [5, 5.41) is 5.42. The lowest BCUT2D eigenvalue weighted by Crippen LogP contribution is -2.53. The van der Waals surface area contributed by atoms with Crippen LogP contribution in [0.2, 0.25) is 0 Å². The first-order valence-corrected chi connectivity index (χ1v) is 11.8. The fourth-order valence-corrected chi connectivity index (χ4v) is 4.16. The highest BCUT2D eigenvalue weighted by Crippen LogP contribution is 2.21. The first-order chi connectivity index (χ1) is 15.7. The minimum Gasteiger partial charge on any atom is -0.350 e. The van der Waals surface area contributed by atoms with Crippen LogP contribution >= 0.6 is 0 Å². The van der Waals surface area contributed by atoms with Crippen LogP contribution < -0.4 is 5.32 Å². The zero-order valence-corrected chi connectivity index (χ0v) is 20.5. The van der Waals surface area contributed by atoms with Gasteiger partial charge in [-0.15, -0.1) is 0 Å². The molecule has 174 valence electrons. The number of benzene rings is 3. The Morgan fingerprint density at radius 3 is 2.27 bits per heavy atom. The Balaban J connectivity index is 1.84. The Kier molecular flexibility index (Phi) is 7.91. The molecule has 2 amide bonds. The van der Waals surface area contributed by atoms with E-state index in [1.807, 2.05) is 77.1 Å². The summed E-state index contributed by atoms with van der Waals surface area (Å²) in [6.45, 7) is 10.3. The van der Waals surface area contributed by atoms with Crippen molar-refractivity contribution in [3.8, 4) is 0 Å². The van der Waals surface area contributed by atoms with Gasteiger partial charge in [0.2, 0.25) is 11.8 Å². The van der Waals surface area contributed by atoms with Gasteiger partial charge in [0, 0.05) is 18.5 Å².